The Bertz CT molecular complexity index is 389. The highest BCUT2D eigenvalue weighted by molar-refractivity contribution is 5.28. The lowest BCUT2D eigenvalue weighted by Crippen LogP contribution is -2.34. The third kappa shape index (κ3) is 3.21. The zero-order valence-electron chi connectivity index (χ0n) is 10.7. The molecule has 1 aromatic rings. The van der Waals surface area contributed by atoms with Gasteiger partial charge in [-0.3, -0.25) is 4.90 Å². The van der Waals surface area contributed by atoms with Crippen LogP contribution < -0.4 is 4.74 Å². The summed E-state index contributed by atoms with van der Waals surface area (Å²) in [7, 11) is 1.54. The maximum atomic E-state index is 13.8. The van der Waals surface area contributed by atoms with Crippen LogP contribution in [-0.2, 0) is 6.54 Å². The van der Waals surface area contributed by atoms with E-state index in [9.17, 15) is 4.39 Å². The van der Waals surface area contributed by atoms with Gasteiger partial charge < -0.3 is 9.84 Å². The van der Waals surface area contributed by atoms with Crippen molar-refractivity contribution >= 4 is 0 Å². The lowest BCUT2D eigenvalue weighted by molar-refractivity contribution is 0.126. The molecule has 0 bridgehead atoms. The second kappa shape index (κ2) is 6.16. The standard InChI is InChI=1S/C14H20FNO2/c1-18-13-3-2-12(14(15)8-13)9-16-6-4-11(10-17)5-7-16/h2-3,8,11,17H,4-7,9-10H2,1H3. The first-order valence-corrected chi connectivity index (χ1v) is 6.38. The van der Waals surface area contributed by atoms with Gasteiger partial charge in [0.05, 0.1) is 7.11 Å². The fourth-order valence-electron chi connectivity index (χ4n) is 2.35. The van der Waals surface area contributed by atoms with Gasteiger partial charge in [0.1, 0.15) is 11.6 Å². The number of likely N-dealkylation sites (tertiary alicyclic amines) is 1. The summed E-state index contributed by atoms with van der Waals surface area (Å²) in [5.41, 5.74) is 0.707. The molecule has 0 atom stereocenters. The number of hydrogen-bond donors (Lipinski definition) is 1. The number of nitrogens with zero attached hydrogens (tertiary/aromatic N) is 1. The Morgan fingerprint density at radius 1 is 1.39 bits per heavy atom. The van der Waals surface area contributed by atoms with E-state index in [4.69, 9.17) is 9.84 Å². The predicted octanol–water partition coefficient (Wildman–Crippen LogP) is 2.04. The van der Waals surface area contributed by atoms with E-state index >= 15 is 0 Å². The summed E-state index contributed by atoms with van der Waals surface area (Å²) in [6.07, 6.45) is 1.99. The van der Waals surface area contributed by atoms with Crippen LogP contribution in [0.4, 0.5) is 4.39 Å². The van der Waals surface area contributed by atoms with Crippen LogP contribution in [0.3, 0.4) is 0 Å². The van der Waals surface area contributed by atoms with Crippen molar-refractivity contribution < 1.29 is 14.2 Å². The van der Waals surface area contributed by atoms with Crippen molar-refractivity contribution in [2.24, 2.45) is 5.92 Å². The van der Waals surface area contributed by atoms with Crippen LogP contribution in [0.5, 0.6) is 5.75 Å². The zero-order chi connectivity index (χ0) is 13.0. The van der Waals surface area contributed by atoms with Gasteiger partial charge in [0.15, 0.2) is 0 Å². The summed E-state index contributed by atoms with van der Waals surface area (Å²) in [6, 6.07) is 5.00. The van der Waals surface area contributed by atoms with Crippen molar-refractivity contribution in [2.75, 3.05) is 26.8 Å². The number of piperidine rings is 1. The highest BCUT2D eigenvalue weighted by Gasteiger charge is 2.19. The van der Waals surface area contributed by atoms with Crippen molar-refractivity contribution in [3.8, 4) is 5.75 Å². The van der Waals surface area contributed by atoms with E-state index in [1.165, 1.54) is 13.2 Å². The second-order valence-corrected chi connectivity index (χ2v) is 4.86. The van der Waals surface area contributed by atoms with Crippen molar-refractivity contribution in [1.82, 2.24) is 4.90 Å². The van der Waals surface area contributed by atoms with Crippen molar-refractivity contribution in [3.63, 3.8) is 0 Å². The molecule has 1 saturated heterocycles. The molecule has 0 amide bonds. The number of aliphatic hydroxyl groups excluding tert-OH is 1. The first-order valence-electron chi connectivity index (χ1n) is 6.38. The maximum absolute atomic E-state index is 13.8. The monoisotopic (exact) mass is 253 g/mol. The van der Waals surface area contributed by atoms with E-state index in [1.54, 1.807) is 12.1 Å². The molecule has 1 heterocycles. The van der Waals surface area contributed by atoms with Gasteiger partial charge in [-0.15, -0.1) is 0 Å². The molecule has 0 aliphatic carbocycles. The quantitative estimate of drug-likeness (QED) is 0.891. The average molecular weight is 253 g/mol. The summed E-state index contributed by atoms with van der Waals surface area (Å²) < 4.78 is 18.8. The molecule has 1 aliphatic rings. The van der Waals surface area contributed by atoms with Gasteiger partial charge >= 0.3 is 0 Å². The topological polar surface area (TPSA) is 32.7 Å². The molecule has 1 fully saturated rings. The fourth-order valence-corrected chi connectivity index (χ4v) is 2.35. The first-order chi connectivity index (χ1) is 8.72. The lowest BCUT2D eigenvalue weighted by atomic mass is 9.97. The molecule has 100 valence electrons. The van der Waals surface area contributed by atoms with E-state index in [1.807, 2.05) is 0 Å². The molecule has 1 N–H and O–H groups in total. The molecule has 1 aromatic carbocycles. The summed E-state index contributed by atoms with van der Waals surface area (Å²) in [5.74, 6) is 0.760. The van der Waals surface area contributed by atoms with Gasteiger partial charge in [0, 0.05) is 24.8 Å². The minimum atomic E-state index is -0.210. The van der Waals surface area contributed by atoms with Crippen LogP contribution in [0.25, 0.3) is 0 Å². The lowest BCUT2D eigenvalue weighted by Gasteiger charge is -2.31. The minimum absolute atomic E-state index is 0.210. The summed E-state index contributed by atoms with van der Waals surface area (Å²) in [4.78, 5) is 2.23. The van der Waals surface area contributed by atoms with Crippen LogP contribution in [0.2, 0.25) is 0 Å². The Morgan fingerprint density at radius 3 is 2.67 bits per heavy atom. The van der Waals surface area contributed by atoms with Gasteiger partial charge in [-0.2, -0.15) is 0 Å². The van der Waals surface area contributed by atoms with Crippen LogP contribution in [-0.4, -0.2) is 36.8 Å². The van der Waals surface area contributed by atoms with Crippen molar-refractivity contribution in [1.29, 1.82) is 0 Å². The number of benzene rings is 1. The smallest absolute Gasteiger partial charge is 0.131 e. The van der Waals surface area contributed by atoms with Crippen LogP contribution in [0, 0.1) is 11.7 Å². The number of aliphatic hydroxyl groups is 1. The van der Waals surface area contributed by atoms with Gasteiger partial charge in [-0.1, -0.05) is 6.07 Å². The number of ether oxygens (including phenoxy) is 1. The molecule has 0 spiro atoms. The molecule has 3 nitrogen and oxygen atoms in total. The summed E-state index contributed by atoms with van der Waals surface area (Å²) in [5, 5.41) is 9.08. The van der Waals surface area contributed by atoms with E-state index in [-0.39, 0.29) is 12.4 Å². The highest BCUT2D eigenvalue weighted by atomic mass is 19.1. The molecular formula is C14H20FNO2. The van der Waals surface area contributed by atoms with Crippen molar-refractivity contribution in [2.45, 2.75) is 19.4 Å². The Labute approximate surface area is 107 Å². The Hall–Kier alpha value is -1.13. The molecule has 4 heteroatoms. The van der Waals surface area contributed by atoms with Crippen molar-refractivity contribution in [3.05, 3.63) is 29.6 Å². The number of rotatable bonds is 4. The number of methoxy groups -OCH3 is 1. The SMILES string of the molecule is COc1ccc(CN2CCC(CO)CC2)c(F)c1. The molecular weight excluding hydrogens is 233 g/mol. The van der Waals surface area contributed by atoms with E-state index < -0.39 is 0 Å². The first kappa shape index (κ1) is 13.3. The molecule has 18 heavy (non-hydrogen) atoms. The van der Waals surface area contributed by atoms with E-state index in [2.05, 4.69) is 4.90 Å². The van der Waals surface area contributed by atoms with Gasteiger partial charge in [-0.25, -0.2) is 4.39 Å². The van der Waals surface area contributed by atoms with Gasteiger partial charge in [0.25, 0.3) is 0 Å². The molecule has 0 unspecified atom stereocenters. The Balaban J connectivity index is 1.94. The average Bonchev–Trinajstić information content (AvgIpc) is 2.42. The molecule has 0 radical (unpaired) electrons. The van der Waals surface area contributed by atoms with Crippen LogP contribution in [0.15, 0.2) is 18.2 Å². The second-order valence-electron chi connectivity index (χ2n) is 4.86. The van der Waals surface area contributed by atoms with Gasteiger partial charge in [-0.05, 0) is 37.9 Å². The number of halogens is 1. The Morgan fingerprint density at radius 2 is 2.11 bits per heavy atom. The zero-order valence-corrected chi connectivity index (χ0v) is 10.7. The fraction of sp³-hybridized carbons (Fsp3) is 0.571. The molecule has 0 aromatic heterocycles. The Kier molecular flexibility index (Phi) is 4.55. The third-order valence-electron chi connectivity index (χ3n) is 3.62. The highest BCUT2D eigenvalue weighted by Crippen LogP contribution is 2.21. The maximum Gasteiger partial charge on any atom is 0.131 e. The van der Waals surface area contributed by atoms with E-state index in [0.29, 0.717) is 23.8 Å². The van der Waals surface area contributed by atoms with Crippen LogP contribution >= 0.6 is 0 Å². The normalized spacial score (nSPS) is 17.9. The van der Waals surface area contributed by atoms with E-state index in [0.717, 1.165) is 25.9 Å². The minimum Gasteiger partial charge on any atom is -0.497 e. The van der Waals surface area contributed by atoms with Gasteiger partial charge in [0.2, 0.25) is 0 Å². The predicted molar refractivity (Wildman–Crippen MR) is 68.0 cm³/mol. The largest absolute Gasteiger partial charge is 0.497 e. The number of hydrogen-bond acceptors (Lipinski definition) is 3. The molecule has 0 saturated carbocycles. The summed E-state index contributed by atoms with van der Waals surface area (Å²) >= 11 is 0. The molecule has 2 rings (SSSR count). The summed E-state index contributed by atoms with van der Waals surface area (Å²) in [6.45, 7) is 2.76. The third-order valence-corrected chi connectivity index (χ3v) is 3.62. The van der Waals surface area contributed by atoms with Crippen LogP contribution in [0.1, 0.15) is 18.4 Å². The molecule has 1 aliphatic heterocycles.